The fraction of sp³-hybridized carbons (Fsp3) is 0.550. The summed E-state index contributed by atoms with van der Waals surface area (Å²) in [5.41, 5.74) is 0.185. The van der Waals surface area contributed by atoms with Gasteiger partial charge in [-0.05, 0) is 32.9 Å². The van der Waals surface area contributed by atoms with Crippen molar-refractivity contribution in [2.45, 2.75) is 51.7 Å². The van der Waals surface area contributed by atoms with Crippen molar-refractivity contribution in [2.24, 2.45) is 0 Å². The molecule has 2 aliphatic heterocycles. The van der Waals surface area contributed by atoms with E-state index < -0.39 is 11.6 Å². The first-order valence-corrected chi connectivity index (χ1v) is 9.57. The molecule has 4 amide bonds. The van der Waals surface area contributed by atoms with Crippen LogP contribution in [0.25, 0.3) is 0 Å². The molecule has 152 valence electrons. The van der Waals surface area contributed by atoms with Crippen molar-refractivity contribution >= 4 is 23.7 Å². The topological polar surface area (TPSA) is 88.2 Å². The Balaban J connectivity index is 1.55. The molecule has 28 heavy (non-hydrogen) atoms. The average molecular weight is 389 g/mol. The van der Waals surface area contributed by atoms with Gasteiger partial charge in [-0.2, -0.15) is 0 Å². The Morgan fingerprint density at radius 1 is 1.14 bits per heavy atom. The number of likely N-dealkylation sites (tertiary alicyclic amines) is 1. The Labute approximate surface area is 164 Å². The Kier molecular flexibility index (Phi) is 5.76. The lowest BCUT2D eigenvalue weighted by Crippen LogP contribution is -2.49. The van der Waals surface area contributed by atoms with Crippen LogP contribution >= 0.6 is 0 Å². The fourth-order valence-electron chi connectivity index (χ4n) is 3.21. The molecule has 8 heteroatoms. The normalized spacial score (nSPS) is 18.7. The molecule has 2 aliphatic rings. The summed E-state index contributed by atoms with van der Waals surface area (Å²) in [5.74, 6) is 0.406. The predicted molar refractivity (Wildman–Crippen MR) is 103 cm³/mol. The van der Waals surface area contributed by atoms with Crippen LogP contribution in [0.2, 0.25) is 0 Å². The summed E-state index contributed by atoms with van der Waals surface area (Å²) in [6.07, 6.45) is 1.40. The third-order valence-corrected chi connectivity index (χ3v) is 4.58. The van der Waals surface area contributed by atoms with Crippen LogP contribution in [0.5, 0.6) is 5.75 Å². The number of amides is 4. The van der Waals surface area contributed by atoms with E-state index >= 15 is 0 Å². The van der Waals surface area contributed by atoms with Crippen LogP contribution in [0.1, 0.15) is 40.0 Å². The Morgan fingerprint density at radius 2 is 1.86 bits per heavy atom. The smallest absolute Gasteiger partial charge is 0.410 e. The molecule has 0 spiro atoms. The predicted octanol–water partition coefficient (Wildman–Crippen LogP) is 2.91. The number of hydrogen-bond acceptors (Lipinski definition) is 5. The molecule has 3 rings (SSSR count). The number of rotatable bonds is 3. The standard InChI is InChI=1S/C20H27N3O5/c1-20(2,3)28-19(26)22-10-7-15(8-11-22)27-16-6-4-5-14(13-16)23-12-9-17(24)21-18(23)25/h4-6,13,15H,7-12H2,1-3H3,(H,21,24,25). The lowest BCUT2D eigenvalue weighted by Gasteiger charge is -2.33. The van der Waals surface area contributed by atoms with Gasteiger partial charge in [-0.25, -0.2) is 9.59 Å². The monoisotopic (exact) mass is 389 g/mol. The molecule has 0 unspecified atom stereocenters. The van der Waals surface area contributed by atoms with Gasteiger partial charge in [0.1, 0.15) is 17.5 Å². The lowest BCUT2D eigenvalue weighted by molar-refractivity contribution is -0.120. The van der Waals surface area contributed by atoms with Gasteiger partial charge in [0.05, 0.1) is 0 Å². The zero-order chi connectivity index (χ0) is 20.3. The number of ether oxygens (including phenoxy) is 2. The highest BCUT2D eigenvalue weighted by molar-refractivity contribution is 6.05. The first-order chi connectivity index (χ1) is 13.2. The second-order valence-electron chi connectivity index (χ2n) is 8.04. The molecule has 2 fully saturated rings. The molecule has 1 N–H and O–H groups in total. The first-order valence-electron chi connectivity index (χ1n) is 9.57. The number of urea groups is 1. The zero-order valence-corrected chi connectivity index (χ0v) is 16.6. The second-order valence-corrected chi connectivity index (χ2v) is 8.04. The van der Waals surface area contributed by atoms with Gasteiger partial charge < -0.3 is 14.4 Å². The molecule has 0 bridgehead atoms. The van der Waals surface area contributed by atoms with Crippen LogP contribution < -0.4 is 15.0 Å². The van der Waals surface area contributed by atoms with Crippen molar-refractivity contribution in [1.29, 1.82) is 0 Å². The summed E-state index contributed by atoms with van der Waals surface area (Å²) in [6.45, 7) is 7.07. The van der Waals surface area contributed by atoms with Crippen molar-refractivity contribution in [3.8, 4) is 5.75 Å². The Morgan fingerprint density at radius 3 is 2.50 bits per heavy atom. The van der Waals surface area contributed by atoms with Crippen LogP contribution in [-0.2, 0) is 9.53 Å². The number of nitrogens with one attached hydrogen (secondary N) is 1. The van der Waals surface area contributed by atoms with E-state index in [-0.39, 0.29) is 24.5 Å². The number of imide groups is 1. The number of carbonyl (C=O) groups is 3. The second kappa shape index (κ2) is 8.08. The van der Waals surface area contributed by atoms with Crippen molar-refractivity contribution in [1.82, 2.24) is 10.2 Å². The highest BCUT2D eigenvalue weighted by Gasteiger charge is 2.28. The third-order valence-electron chi connectivity index (χ3n) is 4.58. The van der Waals surface area contributed by atoms with Gasteiger partial charge in [0.15, 0.2) is 0 Å². The quantitative estimate of drug-likeness (QED) is 0.859. The van der Waals surface area contributed by atoms with E-state index in [1.165, 1.54) is 4.90 Å². The Hall–Kier alpha value is -2.77. The van der Waals surface area contributed by atoms with Gasteiger partial charge in [-0.1, -0.05) is 6.07 Å². The van der Waals surface area contributed by atoms with Crippen LogP contribution in [0.15, 0.2) is 24.3 Å². The molecule has 0 radical (unpaired) electrons. The summed E-state index contributed by atoms with van der Waals surface area (Å²) < 4.78 is 11.5. The first kappa shape index (κ1) is 20.0. The number of nitrogens with zero attached hydrogens (tertiary/aromatic N) is 2. The van der Waals surface area contributed by atoms with Crippen LogP contribution in [0, 0.1) is 0 Å². The van der Waals surface area contributed by atoms with E-state index in [1.807, 2.05) is 39.0 Å². The summed E-state index contributed by atoms with van der Waals surface area (Å²) in [7, 11) is 0. The molecule has 1 aromatic rings. The van der Waals surface area contributed by atoms with E-state index in [2.05, 4.69) is 5.32 Å². The maximum absolute atomic E-state index is 12.1. The lowest BCUT2D eigenvalue weighted by atomic mass is 10.1. The summed E-state index contributed by atoms with van der Waals surface area (Å²) in [6, 6.07) is 6.86. The minimum absolute atomic E-state index is 0.00861. The van der Waals surface area contributed by atoms with Gasteiger partial charge in [0.25, 0.3) is 0 Å². The van der Waals surface area contributed by atoms with Crippen LogP contribution in [0.4, 0.5) is 15.3 Å². The van der Waals surface area contributed by atoms with Gasteiger partial charge >= 0.3 is 12.1 Å². The zero-order valence-electron chi connectivity index (χ0n) is 16.6. The highest BCUT2D eigenvalue weighted by atomic mass is 16.6. The van der Waals surface area contributed by atoms with Gasteiger partial charge in [0, 0.05) is 50.7 Å². The molecule has 0 aliphatic carbocycles. The number of carbonyl (C=O) groups excluding carboxylic acids is 3. The van der Waals surface area contributed by atoms with E-state index in [0.717, 1.165) is 0 Å². The number of piperidine rings is 1. The fourth-order valence-corrected chi connectivity index (χ4v) is 3.21. The summed E-state index contributed by atoms with van der Waals surface area (Å²) >= 11 is 0. The van der Waals surface area contributed by atoms with E-state index in [4.69, 9.17) is 9.47 Å². The minimum Gasteiger partial charge on any atom is -0.490 e. The minimum atomic E-state index is -0.504. The molecule has 0 saturated carbocycles. The van der Waals surface area contributed by atoms with Crippen LogP contribution in [0.3, 0.4) is 0 Å². The van der Waals surface area contributed by atoms with Crippen LogP contribution in [-0.4, -0.2) is 54.3 Å². The van der Waals surface area contributed by atoms with E-state index in [0.29, 0.717) is 43.9 Å². The van der Waals surface area contributed by atoms with Crippen molar-refractivity contribution in [3.63, 3.8) is 0 Å². The maximum atomic E-state index is 12.1. The molecule has 0 atom stereocenters. The molecule has 2 heterocycles. The largest absolute Gasteiger partial charge is 0.490 e. The molecule has 1 aromatic carbocycles. The van der Waals surface area contributed by atoms with Gasteiger partial charge in [-0.15, -0.1) is 0 Å². The SMILES string of the molecule is CC(C)(C)OC(=O)N1CCC(Oc2cccc(N3CCC(=O)NC3=O)c2)CC1. The number of hydrogen-bond donors (Lipinski definition) is 1. The van der Waals surface area contributed by atoms with Crippen molar-refractivity contribution < 1.29 is 23.9 Å². The number of anilines is 1. The maximum Gasteiger partial charge on any atom is 0.410 e. The number of benzene rings is 1. The molecule has 8 nitrogen and oxygen atoms in total. The Bertz CT molecular complexity index is 750. The molecular formula is C20H27N3O5. The van der Waals surface area contributed by atoms with Gasteiger partial charge in [-0.3, -0.25) is 15.0 Å². The average Bonchev–Trinajstić information content (AvgIpc) is 2.61. The molecule has 2 saturated heterocycles. The van der Waals surface area contributed by atoms with E-state index in [1.54, 1.807) is 11.0 Å². The molecule has 0 aromatic heterocycles. The van der Waals surface area contributed by atoms with Crippen molar-refractivity contribution in [3.05, 3.63) is 24.3 Å². The van der Waals surface area contributed by atoms with Gasteiger partial charge in [0.2, 0.25) is 5.91 Å². The molecular weight excluding hydrogens is 362 g/mol. The van der Waals surface area contributed by atoms with Crippen molar-refractivity contribution in [2.75, 3.05) is 24.5 Å². The summed E-state index contributed by atoms with van der Waals surface area (Å²) in [5, 5.41) is 2.32. The third kappa shape index (κ3) is 5.15. The summed E-state index contributed by atoms with van der Waals surface area (Å²) in [4.78, 5) is 38.7. The van der Waals surface area contributed by atoms with E-state index in [9.17, 15) is 14.4 Å². The highest BCUT2D eigenvalue weighted by Crippen LogP contribution is 2.26.